The maximum atomic E-state index is 13.1. The van der Waals surface area contributed by atoms with Crippen LogP contribution < -0.4 is 0 Å². The van der Waals surface area contributed by atoms with E-state index >= 15 is 0 Å². The summed E-state index contributed by atoms with van der Waals surface area (Å²) in [6.07, 6.45) is 5.72. The number of aromatic amines is 1. The Morgan fingerprint density at radius 1 is 1.14 bits per heavy atom. The Hall–Kier alpha value is -2.63. The van der Waals surface area contributed by atoms with Crippen molar-refractivity contribution in [1.29, 1.82) is 0 Å². The molecule has 1 aromatic carbocycles. The molecule has 6 heteroatoms. The van der Waals surface area contributed by atoms with Crippen LogP contribution in [-0.2, 0) is 22.6 Å². The smallest absolute Gasteiger partial charge is 0.228 e. The van der Waals surface area contributed by atoms with Crippen molar-refractivity contribution in [1.82, 2.24) is 19.8 Å². The van der Waals surface area contributed by atoms with Crippen molar-refractivity contribution < 1.29 is 9.59 Å². The monoisotopic (exact) mass is 378 g/mol. The summed E-state index contributed by atoms with van der Waals surface area (Å²) >= 11 is 0. The molecular weight excluding hydrogens is 352 g/mol. The van der Waals surface area contributed by atoms with Crippen LogP contribution in [0.15, 0.2) is 30.3 Å². The van der Waals surface area contributed by atoms with Crippen LogP contribution in [0.25, 0.3) is 11.4 Å². The number of hydrogen-bond donors (Lipinski definition) is 1. The van der Waals surface area contributed by atoms with Gasteiger partial charge in [-0.2, -0.15) is 0 Å². The first-order valence-corrected chi connectivity index (χ1v) is 10.4. The molecule has 0 radical (unpaired) electrons. The average Bonchev–Trinajstić information content (AvgIpc) is 3.46. The molecule has 3 aliphatic rings. The molecule has 3 heterocycles. The molecule has 0 unspecified atom stereocenters. The molecule has 1 aliphatic carbocycles. The number of imidazole rings is 1. The standard InChI is InChI=1S/C22H26N4O2/c27-20-12-16(13-26(20)17-8-4-5-9-17)22(28)25-11-10-18-19(14-25)24-21(23-18)15-6-2-1-3-7-15/h1-3,6-7,16-17H,4-5,8-14H2,(H,23,24)/t16-/m0/s1. The lowest BCUT2D eigenvalue weighted by Gasteiger charge is -2.29. The Bertz CT molecular complexity index is 885. The zero-order chi connectivity index (χ0) is 19.1. The topological polar surface area (TPSA) is 69.3 Å². The number of nitrogens with zero attached hydrogens (tertiary/aromatic N) is 3. The van der Waals surface area contributed by atoms with Crippen LogP contribution in [0.1, 0.15) is 43.5 Å². The van der Waals surface area contributed by atoms with Gasteiger partial charge in [-0.05, 0) is 12.8 Å². The maximum absolute atomic E-state index is 13.1. The second-order valence-corrected chi connectivity index (χ2v) is 8.27. The molecule has 146 valence electrons. The van der Waals surface area contributed by atoms with Gasteiger partial charge in [0.15, 0.2) is 0 Å². The summed E-state index contributed by atoms with van der Waals surface area (Å²) in [5.74, 6) is 0.959. The van der Waals surface area contributed by atoms with E-state index in [-0.39, 0.29) is 17.7 Å². The van der Waals surface area contributed by atoms with Crippen LogP contribution in [0.4, 0.5) is 0 Å². The highest BCUT2D eigenvalue weighted by Crippen LogP contribution is 2.31. The van der Waals surface area contributed by atoms with E-state index in [1.807, 2.05) is 40.1 Å². The summed E-state index contributed by atoms with van der Waals surface area (Å²) in [4.78, 5) is 37.6. The largest absolute Gasteiger partial charge is 0.340 e. The molecule has 2 aromatic rings. The molecule has 1 aromatic heterocycles. The number of hydrogen-bond acceptors (Lipinski definition) is 3. The average molecular weight is 378 g/mol. The molecule has 1 saturated carbocycles. The second-order valence-electron chi connectivity index (χ2n) is 8.27. The van der Waals surface area contributed by atoms with Gasteiger partial charge in [-0.3, -0.25) is 9.59 Å². The molecule has 1 atom stereocenters. The summed E-state index contributed by atoms with van der Waals surface area (Å²) in [6.45, 7) is 1.84. The minimum Gasteiger partial charge on any atom is -0.340 e. The zero-order valence-corrected chi connectivity index (χ0v) is 16.1. The van der Waals surface area contributed by atoms with Gasteiger partial charge >= 0.3 is 0 Å². The Kier molecular flexibility index (Phi) is 4.41. The molecule has 5 rings (SSSR count). The first-order chi connectivity index (χ1) is 13.7. The van der Waals surface area contributed by atoms with Crippen molar-refractivity contribution in [3.05, 3.63) is 41.7 Å². The summed E-state index contributed by atoms with van der Waals surface area (Å²) in [7, 11) is 0. The molecule has 2 amide bonds. The summed E-state index contributed by atoms with van der Waals surface area (Å²) < 4.78 is 0. The van der Waals surface area contributed by atoms with E-state index in [0.717, 1.165) is 42.0 Å². The highest BCUT2D eigenvalue weighted by Gasteiger charge is 2.40. The fourth-order valence-electron chi connectivity index (χ4n) is 4.94. The molecule has 28 heavy (non-hydrogen) atoms. The molecule has 0 spiro atoms. The third-order valence-electron chi connectivity index (χ3n) is 6.46. The van der Waals surface area contributed by atoms with Gasteiger partial charge < -0.3 is 14.8 Å². The fourth-order valence-corrected chi connectivity index (χ4v) is 4.94. The number of benzene rings is 1. The van der Waals surface area contributed by atoms with Crippen molar-refractivity contribution in [2.24, 2.45) is 5.92 Å². The lowest BCUT2D eigenvalue weighted by Crippen LogP contribution is -2.41. The van der Waals surface area contributed by atoms with E-state index in [0.29, 0.717) is 32.1 Å². The number of carbonyl (C=O) groups is 2. The zero-order valence-electron chi connectivity index (χ0n) is 16.1. The fraction of sp³-hybridized carbons (Fsp3) is 0.500. The van der Waals surface area contributed by atoms with Gasteiger partial charge in [-0.1, -0.05) is 43.2 Å². The van der Waals surface area contributed by atoms with E-state index < -0.39 is 0 Å². The Balaban J connectivity index is 1.28. The predicted octanol–water partition coefficient (Wildman–Crippen LogP) is 2.75. The minimum absolute atomic E-state index is 0.121. The molecule has 2 fully saturated rings. The van der Waals surface area contributed by atoms with Gasteiger partial charge in [-0.15, -0.1) is 0 Å². The molecule has 1 N–H and O–H groups in total. The minimum atomic E-state index is -0.189. The van der Waals surface area contributed by atoms with Crippen molar-refractivity contribution in [2.75, 3.05) is 13.1 Å². The highest BCUT2D eigenvalue weighted by molar-refractivity contribution is 5.89. The van der Waals surface area contributed by atoms with Gasteiger partial charge in [-0.25, -0.2) is 4.98 Å². The van der Waals surface area contributed by atoms with Crippen molar-refractivity contribution in [2.45, 2.75) is 51.1 Å². The van der Waals surface area contributed by atoms with Crippen LogP contribution in [0.3, 0.4) is 0 Å². The van der Waals surface area contributed by atoms with Crippen LogP contribution in [0.5, 0.6) is 0 Å². The first-order valence-electron chi connectivity index (χ1n) is 10.4. The molecule has 6 nitrogen and oxygen atoms in total. The van der Waals surface area contributed by atoms with E-state index in [9.17, 15) is 9.59 Å². The Morgan fingerprint density at radius 2 is 1.93 bits per heavy atom. The van der Waals surface area contributed by atoms with Crippen LogP contribution in [0, 0.1) is 5.92 Å². The number of rotatable bonds is 3. The van der Waals surface area contributed by atoms with Gasteiger partial charge in [0, 0.05) is 37.5 Å². The highest BCUT2D eigenvalue weighted by atomic mass is 16.2. The summed E-state index contributed by atoms with van der Waals surface area (Å²) in [5, 5.41) is 0. The molecule has 1 saturated heterocycles. The SMILES string of the molecule is O=C([C@H]1CC(=O)N(C2CCCC2)C1)N1CCc2nc(-c3ccccc3)[nH]c2C1. The molecule has 2 aliphatic heterocycles. The van der Waals surface area contributed by atoms with Crippen molar-refractivity contribution in [3.63, 3.8) is 0 Å². The van der Waals surface area contributed by atoms with Crippen LogP contribution >= 0.6 is 0 Å². The summed E-state index contributed by atoms with van der Waals surface area (Å²) in [5.41, 5.74) is 3.14. The Labute approximate surface area is 164 Å². The van der Waals surface area contributed by atoms with Gasteiger partial charge in [0.05, 0.1) is 23.9 Å². The normalized spacial score (nSPS) is 22.7. The number of H-pyrrole nitrogens is 1. The second kappa shape index (κ2) is 7.08. The maximum Gasteiger partial charge on any atom is 0.228 e. The van der Waals surface area contributed by atoms with E-state index in [2.05, 4.69) is 4.98 Å². The van der Waals surface area contributed by atoms with E-state index in [1.54, 1.807) is 0 Å². The summed E-state index contributed by atoms with van der Waals surface area (Å²) in [6, 6.07) is 10.4. The first kappa shape index (κ1) is 17.5. The Morgan fingerprint density at radius 3 is 2.71 bits per heavy atom. The van der Waals surface area contributed by atoms with E-state index in [4.69, 9.17) is 4.98 Å². The number of nitrogens with one attached hydrogen (secondary N) is 1. The lowest BCUT2D eigenvalue weighted by molar-refractivity contribution is -0.136. The molecule has 0 bridgehead atoms. The number of likely N-dealkylation sites (tertiary alicyclic amines) is 1. The van der Waals surface area contributed by atoms with Crippen molar-refractivity contribution >= 4 is 11.8 Å². The number of carbonyl (C=O) groups excluding carboxylic acids is 2. The third kappa shape index (κ3) is 3.11. The van der Waals surface area contributed by atoms with Gasteiger partial charge in [0.1, 0.15) is 5.82 Å². The van der Waals surface area contributed by atoms with Crippen LogP contribution in [0.2, 0.25) is 0 Å². The molecular formula is C22H26N4O2. The van der Waals surface area contributed by atoms with Gasteiger partial charge in [0.2, 0.25) is 11.8 Å². The quantitative estimate of drug-likeness (QED) is 0.893. The number of aromatic nitrogens is 2. The van der Waals surface area contributed by atoms with E-state index in [1.165, 1.54) is 12.8 Å². The number of fused-ring (bicyclic) bond motifs is 1. The van der Waals surface area contributed by atoms with Gasteiger partial charge in [0.25, 0.3) is 0 Å². The number of amides is 2. The lowest BCUT2D eigenvalue weighted by atomic mass is 10.0. The third-order valence-corrected chi connectivity index (χ3v) is 6.46. The predicted molar refractivity (Wildman–Crippen MR) is 105 cm³/mol. The van der Waals surface area contributed by atoms with Crippen LogP contribution in [-0.4, -0.2) is 50.7 Å². The van der Waals surface area contributed by atoms with Crippen molar-refractivity contribution in [3.8, 4) is 11.4 Å².